The maximum atomic E-state index is 12.8. The Bertz CT molecular complexity index is 990. The maximum Gasteiger partial charge on any atom is 0.343 e. The molecule has 0 aromatic heterocycles. The van der Waals surface area contributed by atoms with Gasteiger partial charge in [0.2, 0.25) is 0 Å². The Hall–Kier alpha value is -3.07. The highest BCUT2D eigenvalue weighted by Gasteiger charge is 2.13. The molecule has 0 aliphatic heterocycles. The number of hydrogen-bond donors (Lipinski definition) is 0. The molecule has 0 N–H and O–H groups in total. The fourth-order valence-corrected chi connectivity index (χ4v) is 4.02. The van der Waals surface area contributed by atoms with Crippen LogP contribution in [0.5, 0.6) is 11.5 Å². The number of rotatable bonds is 14. The zero-order valence-electron chi connectivity index (χ0n) is 20.7. The van der Waals surface area contributed by atoms with Crippen LogP contribution in [0.25, 0.3) is 11.1 Å². The topological polar surface area (TPSA) is 35.5 Å². The first-order valence-corrected chi connectivity index (χ1v) is 12.8. The molecule has 0 amide bonds. The second kappa shape index (κ2) is 14.2. The quantitative estimate of drug-likeness (QED) is 0.138. The van der Waals surface area contributed by atoms with E-state index in [0.29, 0.717) is 11.3 Å². The minimum absolute atomic E-state index is 0.292. The van der Waals surface area contributed by atoms with Crippen LogP contribution < -0.4 is 9.47 Å². The highest BCUT2D eigenvalue weighted by Crippen LogP contribution is 2.25. The summed E-state index contributed by atoms with van der Waals surface area (Å²) in [6.45, 7) is 5.18. The third-order valence-electron chi connectivity index (χ3n) is 6.06. The van der Waals surface area contributed by atoms with Gasteiger partial charge in [0.05, 0.1) is 12.2 Å². The van der Waals surface area contributed by atoms with E-state index in [9.17, 15) is 4.79 Å². The average molecular weight is 459 g/mol. The summed E-state index contributed by atoms with van der Waals surface area (Å²) in [6.07, 6.45) is 10.4. The molecule has 0 fully saturated rings. The maximum absolute atomic E-state index is 12.8. The molecule has 3 rings (SSSR count). The van der Waals surface area contributed by atoms with E-state index in [1.54, 1.807) is 0 Å². The zero-order valence-corrected chi connectivity index (χ0v) is 20.7. The molecule has 0 saturated carbocycles. The van der Waals surface area contributed by atoms with Crippen molar-refractivity contribution in [3.05, 3.63) is 83.9 Å². The highest BCUT2D eigenvalue weighted by atomic mass is 16.5. The summed E-state index contributed by atoms with van der Waals surface area (Å²) in [6, 6.07) is 23.6. The van der Waals surface area contributed by atoms with E-state index >= 15 is 0 Å². The molecule has 0 aliphatic carbocycles. The second-order valence-electron chi connectivity index (χ2n) is 8.82. The van der Waals surface area contributed by atoms with Crippen molar-refractivity contribution in [2.45, 2.75) is 71.6 Å². The van der Waals surface area contributed by atoms with Crippen molar-refractivity contribution in [2.24, 2.45) is 0 Å². The number of benzene rings is 3. The summed E-state index contributed by atoms with van der Waals surface area (Å²) < 4.78 is 11.5. The molecule has 3 nitrogen and oxygen atoms in total. The smallest absolute Gasteiger partial charge is 0.343 e. The van der Waals surface area contributed by atoms with Crippen molar-refractivity contribution < 1.29 is 14.3 Å². The summed E-state index contributed by atoms with van der Waals surface area (Å²) in [4.78, 5) is 12.8. The van der Waals surface area contributed by atoms with Crippen LogP contribution in [0.2, 0.25) is 0 Å². The van der Waals surface area contributed by atoms with Crippen LogP contribution in [0.4, 0.5) is 0 Å². The zero-order chi connectivity index (χ0) is 24.0. The fraction of sp³-hybridized carbons (Fsp3) is 0.387. The first-order chi connectivity index (χ1) is 16.7. The van der Waals surface area contributed by atoms with E-state index in [4.69, 9.17) is 9.47 Å². The van der Waals surface area contributed by atoms with Crippen LogP contribution in [-0.2, 0) is 6.42 Å². The minimum atomic E-state index is -0.292. The van der Waals surface area contributed by atoms with Crippen molar-refractivity contribution in [3.63, 3.8) is 0 Å². The Labute approximate surface area is 205 Å². The average Bonchev–Trinajstić information content (AvgIpc) is 2.87. The Balaban J connectivity index is 1.55. The van der Waals surface area contributed by atoms with E-state index < -0.39 is 0 Å². The predicted molar refractivity (Wildman–Crippen MR) is 141 cm³/mol. The minimum Gasteiger partial charge on any atom is -0.494 e. The van der Waals surface area contributed by atoms with Gasteiger partial charge in [0.1, 0.15) is 11.5 Å². The predicted octanol–water partition coefficient (Wildman–Crippen LogP) is 8.65. The van der Waals surface area contributed by atoms with Gasteiger partial charge in [-0.15, -0.1) is 0 Å². The van der Waals surface area contributed by atoms with Crippen LogP contribution in [-0.4, -0.2) is 12.6 Å². The lowest BCUT2D eigenvalue weighted by Crippen LogP contribution is -2.11. The molecule has 0 saturated heterocycles. The molecule has 0 atom stereocenters. The number of aryl methyl sites for hydroxylation is 1. The van der Waals surface area contributed by atoms with Crippen LogP contribution in [0.3, 0.4) is 0 Å². The lowest BCUT2D eigenvalue weighted by Gasteiger charge is -2.10. The molecule has 0 radical (unpaired) electrons. The molecule has 0 unspecified atom stereocenters. The molecular formula is C31H38O3. The molecule has 3 aromatic carbocycles. The van der Waals surface area contributed by atoms with E-state index in [1.807, 2.05) is 60.7 Å². The molecule has 0 bridgehead atoms. The number of esters is 1. The summed E-state index contributed by atoms with van der Waals surface area (Å²) in [5, 5.41) is 0. The van der Waals surface area contributed by atoms with Crippen LogP contribution in [0, 0.1) is 0 Å². The third-order valence-corrected chi connectivity index (χ3v) is 6.06. The monoisotopic (exact) mass is 458 g/mol. The number of carbonyl (C=O) groups is 1. The highest BCUT2D eigenvalue weighted by molar-refractivity contribution is 5.92. The van der Waals surface area contributed by atoms with Crippen LogP contribution in [0.15, 0.2) is 72.8 Å². The summed E-state index contributed by atoms with van der Waals surface area (Å²) in [5.41, 5.74) is 3.90. The van der Waals surface area contributed by atoms with Gasteiger partial charge in [0.25, 0.3) is 0 Å². The van der Waals surface area contributed by atoms with Crippen molar-refractivity contribution >= 4 is 5.97 Å². The lowest BCUT2D eigenvalue weighted by atomic mass is 10.0. The van der Waals surface area contributed by atoms with Gasteiger partial charge in [-0.1, -0.05) is 94.8 Å². The molecular weight excluding hydrogens is 420 g/mol. The molecule has 0 spiro atoms. The Morgan fingerprint density at radius 2 is 1.24 bits per heavy atom. The number of hydrogen-bond acceptors (Lipinski definition) is 3. The van der Waals surface area contributed by atoms with Crippen LogP contribution >= 0.6 is 0 Å². The van der Waals surface area contributed by atoms with Gasteiger partial charge in [-0.2, -0.15) is 0 Å². The van der Waals surface area contributed by atoms with Crippen molar-refractivity contribution in [1.29, 1.82) is 0 Å². The molecule has 34 heavy (non-hydrogen) atoms. The van der Waals surface area contributed by atoms with Crippen molar-refractivity contribution in [2.75, 3.05) is 6.61 Å². The third kappa shape index (κ3) is 8.06. The van der Waals surface area contributed by atoms with Gasteiger partial charge in [0.15, 0.2) is 0 Å². The van der Waals surface area contributed by atoms with E-state index in [2.05, 4.69) is 26.0 Å². The SMILES string of the molecule is CCCCCCOc1ccc(-c2ccc(OC(=O)c3ccccc3CCCCCC)cc2)cc1. The largest absolute Gasteiger partial charge is 0.494 e. The first kappa shape index (κ1) is 25.6. The van der Waals surface area contributed by atoms with Crippen molar-refractivity contribution in [3.8, 4) is 22.6 Å². The Morgan fingerprint density at radius 3 is 1.88 bits per heavy atom. The molecule has 3 aromatic rings. The van der Waals surface area contributed by atoms with Gasteiger partial charge >= 0.3 is 5.97 Å². The number of ether oxygens (including phenoxy) is 2. The molecule has 180 valence electrons. The summed E-state index contributed by atoms with van der Waals surface area (Å²) >= 11 is 0. The van der Waals surface area contributed by atoms with E-state index in [-0.39, 0.29) is 5.97 Å². The number of carbonyl (C=O) groups excluding carboxylic acids is 1. The second-order valence-corrected chi connectivity index (χ2v) is 8.82. The standard InChI is InChI=1S/C31H38O3/c1-3-5-7-9-13-27-14-10-11-15-30(27)31(32)34-29-22-18-26(19-23-29)25-16-20-28(21-17-25)33-24-12-8-6-4-2/h10-11,14-23H,3-9,12-13,24H2,1-2H3. The Morgan fingerprint density at radius 1 is 0.647 bits per heavy atom. The normalized spacial score (nSPS) is 10.8. The number of unbranched alkanes of at least 4 members (excludes halogenated alkanes) is 6. The fourth-order valence-electron chi connectivity index (χ4n) is 4.02. The van der Waals surface area contributed by atoms with Gasteiger partial charge in [0, 0.05) is 0 Å². The molecule has 0 aliphatic rings. The molecule has 3 heteroatoms. The van der Waals surface area contributed by atoms with E-state index in [1.165, 1.54) is 38.5 Å². The summed E-state index contributed by atoms with van der Waals surface area (Å²) in [7, 11) is 0. The van der Waals surface area contributed by atoms with Gasteiger partial charge in [-0.05, 0) is 66.3 Å². The molecule has 0 heterocycles. The van der Waals surface area contributed by atoms with Gasteiger partial charge < -0.3 is 9.47 Å². The van der Waals surface area contributed by atoms with E-state index in [0.717, 1.165) is 48.3 Å². The van der Waals surface area contributed by atoms with Crippen LogP contribution in [0.1, 0.15) is 81.1 Å². The Kier molecular flexibility index (Phi) is 10.7. The van der Waals surface area contributed by atoms with Crippen molar-refractivity contribution in [1.82, 2.24) is 0 Å². The summed E-state index contributed by atoms with van der Waals surface area (Å²) in [5.74, 6) is 1.17. The lowest BCUT2D eigenvalue weighted by molar-refractivity contribution is 0.0733. The van der Waals surface area contributed by atoms with Gasteiger partial charge in [-0.3, -0.25) is 0 Å². The van der Waals surface area contributed by atoms with Gasteiger partial charge in [-0.25, -0.2) is 4.79 Å². The first-order valence-electron chi connectivity index (χ1n) is 12.8.